The van der Waals surface area contributed by atoms with Crippen molar-refractivity contribution in [1.29, 1.82) is 0 Å². The van der Waals surface area contributed by atoms with Crippen molar-refractivity contribution in [3.63, 3.8) is 0 Å². The number of hydrogen-bond acceptors (Lipinski definition) is 2. The van der Waals surface area contributed by atoms with Gasteiger partial charge in [-0.25, -0.2) is 0 Å². The maximum Gasteiger partial charge on any atom is 0.195 e. The highest BCUT2D eigenvalue weighted by Crippen LogP contribution is 2.15. The quantitative estimate of drug-likeness (QED) is 0.685. The molecule has 0 rings (SSSR count). The Morgan fingerprint density at radius 3 is 1.27 bits per heavy atom. The third kappa shape index (κ3) is 6.33. The van der Waals surface area contributed by atoms with Gasteiger partial charge >= 0.3 is 0 Å². The van der Waals surface area contributed by atoms with Gasteiger partial charge in [0.1, 0.15) is 0 Å². The summed E-state index contributed by atoms with van der Waals surface area (Å²) in [4.78, 5) is 7.60. The molecular weight excluding hydrogens is 200 g/mol. The van der Waals surface area contributed by atoms with Crippen molar-refractivity contribution in [2.75, 3.05) is 0 Å². The van der Waals surface area contributed by atoms with Gasteiger partial charge in [-0.3, -0.25) is 0 Å². The highest BCUT2D eigenvalue weighted by Gasteiger charge is 2.32. The first kappa shape index (κ1) is 15.1. The van der Waals surface area contributed by atoms with Crippen LogP contribution in [0.3, 0.4) is 0 Å². The molecule has 0 aromatic carbocycles. The average molecular weight is 230 g/mol. The van der Waals surface area contributed by atoms with Crippen LogP contribution in [0.5, 0.6) is 0 Å². The van der Waals surface area contributed by atoms with Gasteiger partial charge in [0.05, 0.1) is 0 Å². The van der Waals surface area contributed by atoms with E-state index in [2.05, 4.69) is 64.6 Å². The zero-order chi connectivity index (χ0) is 12.3. The maximum atomic E-state index is 3.80. The van der Waals surface area contributed by atoms with Crippen molar-refractivity contribution in [1.82, 2.24) is 9.96 Å². The molecular formula is C12H30N2Si. The molecule has 0 unspecified atom stereocenters. The Hall–Kier alpha value is 0.137. The van der Waals surface area contributed by atoms with E-state index in [1.807, 2.05) is 0 Å². The number of rotatable bonds is 6. The van der Waals surface area contributed by atoms with Crippen molar-refractivity contribution in [3.8, 4) is 0 Å². The Morgan fingerprint density at radius 2 is 1.07 bits per heavy atom. The molecule has 0 saturated carbocycles. The fourth-order valence-corrected chi connectivity index (χ4v) is 5.70. The van der Waals surface area contributed by atoms with Crippen molar-refractivity contribution in [2.45, 2.75) is 78.6 Å². The highest BCUT2D eigenvalue weighted by atomic mass is 28.3. The van der Waals surface area contributed by atoms with Crippen LogP contribution in [-0.4, -0.2) is 19.5 Å². The second-order valence-electron chi connectivity index (χ2n) is 6.35. The SMILES string of the molecule is CCC(C)(C)N[Si](C)(C)NC(C)(C)CC. The Bertz CT molecular complexity index is 178. The second kappa shape index (κ2) is 4.98. The summed E-state index contributed by atoms with van der Waals surface area (Å²) in [6, 6.07) is 0. The fraction of sp³-hybridized carbons (Fsp3) is 1.00. The lowest BCUT2D eigenvalue weighted by Gasteiger charge is -2.41. The summed E-state index contributed by atoms with van der Waals surface area (Å²) < 4.78 is 0. The molecule has 3 heteroatoms. The first-order valence-corrected chi connectivity index (χ1v) is 9.12. The van der Waals surface area contributed by atoms with Crippen LogP contribution in [0.1, 0.15) is 54.4 Å². The van der Waals surface area contributed by atoms with Crippen LogP contribution in [0.4, 0.5) is 0 Å². The predicted octanol–water partition coefficient (Wildman–Crippen LogP) is 3.24. The van der Waals surface area contributed by atoms with Crippen LogP contribution in [0.25, 0.3) is 0 Å². The lowest BCUT2D eigenvalue weighted by atomic mass is 10.0. The molecule has 0 aromatic heterocycles. The van der Waals surface area contributed by atoms with Crippen LogP contribution in [0.2, 0.25) is 13.1 Å². The summed E-state index contributed by atoms with van der Waals surface area (Å²) >= 11 is 0. The molecule has 0 spiro atoms. The smallest absolute Gasteiger partial charge is 0.195 e. The van der Waals surface area contributed by atoms with E-state index in [4.69, 9.17) is 0 Å². The fourth-order valence-electron chi connectivity index (χ4n) is 1.90. The second-order valence-corrected chi connectivity index (χ2v) is 10.1. The summed E-state index contributed by atoms with van der Waals surface area (Å²) in [6.07, 6.45) is 2.33. The van der Waals surface area contributed by atoms with Crippen LogP contribution < -0.4 is 9.96 Å². The van der Waals surface area contributed by atoms with Crippen molar-refractivity contribution >= 4 is 8.40 Å². The van der Waals surface area contributed by atoms with E-state index in [0.717, 1.165) is 12.8 Å². The lowest BCUT2D eigenvalue weighted by molar-refractivity contribution is 0.407. The van der Waals surface area contributed by atoms with Gasteiger partial charge in [0.15, 0.2) is 8.40 Å². The monoisotopic (exact) mass is 230 g/mol. The van der Waals surface area contributed by atoms with Crippen molar-refractivity contribution < 1.29 is 0 Å². The van der Waals surface area contributed by atoms with Gasteiger partial charge in [0.25, 0.3) is 0 Å². The summed E-state index contributed by atoms with van der Waals surface area (Å²) in [7, 11) is -1.52. The van der Waals surface area contributed by atoms with E-state index < -0.39 is 8.40 Å². The molecule has 0 saturated heterocycles. The van der Waals surface area contributed by atoms with E-state index in [-0.39, 0.29) is 11.1 Å². The van der Waals surface area contributed by atoms with E-state index >= 15 is 0 Å². The minimum absolute atomic E-state index is 0.243. The Labute approximate surface area is 97.4 Å². The maximum absolute atomic E-state index is 3.80. The minimum atomic E-state index is -1.52. The lowest BCUT2D eigenvalue weighted by Crippen LogP contribution is -2.68. The Morgan fingerprint density at radius 1 is 0.800 bits per heavy atom. The minimum Gasteiger partial charge on any atom is -0.321 e. The molecule has 0 heterocycles. The summed E-state index contributed by atoms with van der Waals surface area (Å²) in [5.74, 6) is 0. The molecule has 0 amide bonds. The van der Waals surface area contributed by atoms with Gasteiger partial charge in [0, 0.05) is 11.1 Å². The molecule has 92 valence electrons. The molecule has 0 aliphatic heterocycles. The predicted molar refractivity (Wildman–Crippen MR) is 72.5 cm³/mol. The standard InChI is InChI=1S/C12H30N2Si/c1-9-11(3,4)13-15(7,8)14-12(5,6)10-2/h13-14H,9-10H2,1-8H3. The van der Waals surface area contributed by atoms with E-state index in [0.29, 0.717) is 0 Å². The first-order chi connectivity index (χ1) is 6.54. The van der Waals surface area contributed by atoms with Crippen LogP contribution in [-0.2, 0) is 0 Å². The first-order valence-electron chi connectivity index (χ1n) is 6.12. The van der Waals surface area contributed by atoms with Gasteiger partial charge in [-0.2, -0.15) is 0 Å². The molecule has 0 aliphatic carbocycles. The van der Waals surface area contributed by atoms with Crippen LogP contribution in [0, 0.1) is 0 Å². The molecule has 0 aliphatic rings. The third-order valence-corrected chi connectivity index (χ3v) is 5.67. The molecule has 0 fully saturated rings. The van der Waals surface area contributed by atoms with E-state index in [9.17, 15) is 0 Å². The van der Waals surface area contributed by atoms with Gasteiger partial charge in [0.2, 0.25) is 0 Å². The molecule has 0 aromatic rings. The van der Waals surface area contributed by atoms with Crippen molar-refractivity contribution in [2.24, 2.45) is 0 Å². The van der Waals surface area contributed by atoms with Gasteiger partial charge in [-0.05, 0) is 53.6 Å². The molecule has 2 N–H and O–H groups in total. The van der Waals surface area contributed by atoms with Crippen molar-refractivity contribution in [3.05, 3.63) is 0 Å². The molecule has 0 radical (unpaired) electrons. The average Bonchev–Trinajstić information content (AvgIpc) is 2.00. The highest BCUT2D eigenvalue weighted by molar-refractivity contribution is 6.72. The van der Waals surface area contributed by atoms with Crippen LogP contribution >= 0.6 is 0 Å². The summed E-state index contributed by atoms with van der Waals surface area (Å²) in [5.41, 5.74) is 0.485. The summed E-state index contributed by atoms with van der Waals surface area (Å²) in [6.45, 7) is 18.3. The van der Waals surface area contributed by atoms with Gasteiger partial charge < -0.3 is 9.96 Å². The van der Waals surface area contributed by atoms with Gasteiger partial charge in [-0.1, -0.05) is 13.8 Å². The Balaban J connectivity index is 4.43. The van der Waals surface area contributed by atoms with E-state index in [1.54, 1.807) is 0 Å². The zero-order valence-corrected chi connectivity index (χ0v) is 12.9. The zero-order valence-electron chi connectivity index (χ0n) is 11.9. The van der Waals surface area contributed by atoms with Gasteiger partial charge in [-0.15, -0.1) is 0 Å². The van der Waals surface area contributed by atoms with E-state index in [1.165, 1.54) is 0 Å². The number of nitrogens with one attached hydrogen (secondary N) is 2. The molecule has 0 bridgehead atoms. The Kier molecular flexibility index (Phi) is 5.02. The summed E-state index contributed by atoms with van der Waals surface area (Å²) in [5, 5.41) is 0. The molecule has 0 atom stereocenters. The van der Waals surface area contributed by atoms with Crippen LogP contribution in [0.15, 0.2) is 0 Å². The molecule has 2 nitrogen and oxygen atoms in total. The largest absolute Gasteiger partial charge is 0.321 e. The third-order valence-electron chi connectivity index (χ3n) is 3.07. The molecule has 15 heavy (non-hydrogen) atoms. The normalized spacial score (nSPS) is 14.4. The number of hydrogen-bond donors (Lipinski definition) is 2. The topological polar surface area (TPSA) is 24.1 Å².